The van der Waals surface area contributed by atoms with Crippen molar-refractivity contribution in [2.24, 2.45) is 5.92 Å². The summed E-state index contributed by atoms with van der Waals surface area (Å²) in [5.41, 5.74) is 5.09. The van der Waals surface area contributed by atoms with Gasteiger partial charge in [0.05, 0.1) is 0 Å². The van der Waals surface area contributed by atoms with Crippen molar-refractivity contribution in [3.8, 4) is 0 Å². The van der Waals surface area contributed by atoms with Crippen molar-refractivity contribution >= 4 is 23.2 Å². The fourth-order valence-electron chi connectivity index (χ4n) is 2.86. The summed E-state index contributed by atoms with van der Waals surface area (Å²) >= 11 is 0. The molecule has 0 unspecified atom stereocenters. The summed E-state index contributed by atoms with van der Waals surface area (Å²) in [5, 5.41) is 5.81. The van der Waals surface area contributed by atoms with Crippen LogP contribution < -0.4 is 10.6 Å². The van der Waals surface area contributed by atoms with E-state index in [2.05, 4.69) is 42.7 Å². The van der Waals surface area contributed by atoms with E-state index in [0.717, 1.165) is 24.9 Å². The average Bonchev–Trinajstić information content (AvgIpc) is 3.39. The molecule has 2 aromatic carbocycles. The SMILES string of the molecule is Cc1ccc(CCC(=O)Nc2cccc(NC(=O)C3CC3)c2)c(C)c1. The van der Waals surface area contributed by atoms with Gasteiger partial charge in [0.15, 0.2) is 0 Å². The molecule has 130 valence electrons. The molecule has 0 spiro atoms. The molecule has 25 heavy (non-hydrogen) atoms. The zero-order chi connectivity index (χ0) is 17.8. The van der Waals surface area contributed by atoms with Gasteiger partial charge >= 0.3 is 0 Å². The van der Waals surface area contributed by atoms with Crippen LogP contribution >= 0.6 is 0 Å². The Hall–Kier alpha value is -2.62. The Morgan fingerprint density at radius 3 is 2.40 bits per heavy atom. The van der Waals surface area contributed by atoms with Crippen LogP contribution in [0.25, 0.3) is 0 Å². The Morgan fingerprint density at radius 1 is 1.00 bits per heavy atom. The van der Waals surface area contributed by atoms with Crippen molar-refractivity contribution in [1.82, 2.24) is 0 Å². The molecule has 4 nitrogen and oxygen atoms in total. The van der Waals surface area contributed by atoms with Crippen molar-refractivity contribution in [2.75, 3.05) is 10.6 Å². The van der Waals surface area contributed by atoms with Gasteiger partial charge in [0.2, 0.25) is 11.8 Å². The Morgan fingerprint density at radius 2 is 1.72 bits per heavy atom. The first-order chi connectivity index (χ1) is 12.0. The maximum Gasteiger partial charge on any atom is 0.227 e. The maximum atomic E-state index is 12.2. The lowest BCUT2D eigenvalue weighted by Gasteiger charge is -2.10. The second kappa shape index (κ2) is 7.51. The summed E-state index contributed by atoms with van der Waals surface area (Å²) in [6, 6.07) is 13.6. The van der Waals surface area contributed by atoms with Gasteiger partial charge in [0.1, 0.15) is 0 Å². The van der Waals surface area contributed by atoms with Crippen LogP contribution in [-0.4, -0.2) is 11.8 Å². The molecule has 0 saturated heterocycles. The third kappa shape index (κ3) is 4.92. The molecule has 0 heterocycles. The van der Waals surface area contributed by atoms with Crippen LogP contribution in [0.3, 0.4) is 0 Å². The van der Waals surface area contributed by atoms with Crippen LogP contribution in [0.2, 0.25) is 0 Å². The molecule has 1 fully saturated rings. The number of hydrogen-bond acceptors (Lipinski definition) is 2. The predicted octanol–water partition coefficient (Wildman–Crippen LogP) is 4.22. The first-order valence-corrected chi connectivity index (χ1v) is 8.78. The fraction of sp³-hybridized carbons (Fsp3) is 0.333. The number of carbonyl (C=O) groups is 2. The lowest BCUT2D eigenvalue weighted by molar-refractivity contribution is -0.117. The molecule has 1 aliphatic carbocycles. The number of aryl methyl sites for hydroxylation is 3. The van der Waals surface area contributed by atoms with Crippen LogP contribution in [0.15, 0.2) is 42.5 Å². The van der Waals surface area contributed by atoms with Crippen molar-refractivity contribution in [3.05, 3.63) is 59.2 Å². The van der Waals surface area contributed by atoms with E-state index in [1.165, 1.54) is 16.7 Å². The largest absolute Gasteiger partial charge is 0.326 e. The number of carbonyl (C=O) groups excluding carboxylic acids is 2. The number of benzene rings is 2. The van der Waals surface area contributed by atoms with E-state index >= 15 is 0 Å². The van der Waals surface area contributed by atoms with Crippen molar-refractivity contribution in [3.63, 3.8) is 0 Å². The third-order valence-electron chi connectivity index (χ3n) is 4.48. The minimum Gasteiger partial charge on any atom is -0.326 e. The molecule has 0 aromatic heterocycles. The van der Waals surface area contributed by atoms with E-state index in [-0.39, 0.29) is 17.7 Å². The van der Waals surface area contributed by atoms with Crippen molar-refractivity contribution < 1.29 is 9.59 Å². The van der Waals surface area contributed by atoms with E-state index in [9.17, 15) is 9.59 Å². The fourth-order valence-corrected chi connectivity index (χ4v) is 2.86. The van der Waals surface area contributed by atoms with Crippen LogP contribution in [0.1, 0.15) is 36.0 Å². The number of nitrogens with one attached hydrogen (secondary N) is 2. The highest BCUT2D eigenvalue weighted by molar-refractivity contribution is 5.96. The van der Waals surface area contributed by atoms with Crippen LogP contribution in [0.5, 0.6) is 0 Å². The Bertz CT molecular complexity index is 794. The molecule has 4 heteroatoms. The van der Waals surface area contributed by atoms with Gasteiger partial charge in [-0.3, -0.25) is 9.59 Å². The van der Waals surface area contributed by atoms with Gasteiger partial charge in [0, 0.05) is 23.7 Å². The molecule has 0 radical (unpaired) electrons. The molecular weight excluding hydrogens is 312 g/mol. The van der Waals surface area contributed by atoms with E-state index < -0.39 is 0 Å². The predicted molar refractivity (Wildman–Crippen MR) is 101 cm³/mol. The molecule has 2 aromatic rings. The quantitative estimate of drug-likeness (QED) is 0.829. The average molecular weight is 336 g/mol. The van der Waals surface area contributed by atoms with Crippen LogP contribution in [0.4, 0.5) is 11.4 Å². The smallest absolute Gasteiger partial charge is 0.227 e. The Labute approximate surface area is 148 Å². The zero-order valence-electron chi connectivity index (χ0n) is 14.8. The molecule has 3 rings (SSSR count). The maximum absolute atomic E-state index is 12.2. The van der Waals surface area contributed by atoms with Crippen molar-refractivity contribution in [2.45, 2.75) is 39.5 Å². The normalized spacial score (nSPS) is 13.4. The monoisotopic (exact) mass is 336 g/mol. The highest BCUT2D eigenvalue weighted by Crippen LogP contribution is 2.30. The van der Waals surface area contributed by atoms with Crippen molar-refractivity contribution in [1.29, 1.82) is 0 Å². The van der Waals surface area contributed by atoms with Gasteiger partial charge < -0.3 is 10.6 Å². The summed E-state index contributed by atoms with van der Waals surface area (Å²) in [4.78, 5) is 24.0. The second-order valence-electron chi connectivity index (χ2n) is 6.82. The molecule has 0 aliphatic heterocycles. The van der Waals surface area contributed by atoms with Gasteiger partial charge in [-0.15, -0.1) is 0 Å². The molecule has 2 N–H and O–H groups in total. The molecule has 2 amide bonds. The highest BCUT2D eigenvalue weighted by Gasteiger charge is 2.29. The minimum absolute atomic E-state index is 0.0226. The van der Waals surface area contributed by atoms with Crippen LogP contribution in [-0.2, 0) is 16.0 Å². The number of rotatable bonds is 6. The molecule has 1 saturated carbocycles. The van der Waals surface area contributed by atoms with Gasteiger partial charge in [-0.05, 0) is 62.4 Å². The van der Waals surface area contributed by atoms with E-state index in [4.69, 9.17) is 0 Å². The Kier molecular flexibility index (Phi) is 5.17. The molecule has 0 bridgehead atoms. The van der Waals surface area contributed by atoms with E-state index in [1.54, 1.807) is 6.07 Å². The van der Waals surface area contributed by atoms with Gasteiger partial charge in [-0.25, -0.2) is 0 Å². The number of hydrogen-bond donors (Lipinski definition) is 2. The molecular formula is C21H24N2O2. The van der Waals surface area contributed by atoms with Gasteiger partial charge in [0.25, 0.3) is 0 Å². The lowest BCUT2D eigenvalue weighted by Crippen LogP contribution is -2.15. The highest BCUT2D eigenvalue weighted by atomic mass is 16.2. The first-order valence-electron chi connectivity index (χ1n) is 8.78. The van der Waals surface area contributed by atoms with E-state index in [1.807, 2.05) is 18.2 Å². The van der Waals surface area contributed by atoms with Gasteiger partial charge in [-0.1, -0.05) is 29.8 Å². The molecule has 0 atom stereocenters. The minimum atomic E-state index is -0.0226. The Balaban J connectivity index is 1.54. The number of amides is 2. The summed E-state index contributed by atoms with van der Waals surface area (Å²) in [6.45, 7) is 4.14. The third-order valence-corrected chi connectivity index (χ3v) is 4.48. The summed E-state index contributed by atoms with van der Waals surface area (Å²) < 4.78 is 0. The molecule has 1 aliphatic rings. The summed E-state index contributed by atoms with van der Waals surface area (Å²) in [7, 11) is 0. The topological polar surface area (TPSA) is 58.2 Å². The van der Waals surface area contributed by atoms with E-state index in [0.29, 0.717) is 12.1 Å². The zero-order valence-corrected chi connectivity index (χ0v) is 14.8. The summed E-state index contributed by atoms with van der Waals surface area (Å²) in [6.07, 6.45) is 3.10. The lowest BCUT2D eigenvalue weighted by atomic mass is 10.0. The first kappa shape index (κ1) is 17.2. The van der Waals surface area contributed by atoms with Gasteiger partial charge in [-0.2, -0.15) is 0 Å². The number of anilines is 2. The summed E-state index contributed by atoms with van der Waals surface area (Å²) in [5.74, 6) is 0.208. The standard InChI is InChI=1S/C21H24N2O2/c1-14-6-7-16(15(2)12-14)10-11-20(24)22-18-4-3-5-19(13-18)23-21(25)17-8-9-17/h3-7,12-13,17H,8-11H2,1-2H3,(H,22,24)(H,23,25). The van der Waals surface area contributed by atoms with Crippen LogP contribution in [0, 0.1) is 19.8 Å². The second-order valence-corrected chi connectivity index (χ2v) is 6.82.